The Kier molecular flexibility index (Phi) is 7.46. The standard InChI is InChI=1S/C19H23N5O4/c1-27-10-8-22-17(21)16-15(23-12-20)7-9-24(18(16)25)11-13-3-5-14(6-4-13)19(26)28-2/h3-7,9,12H,8,10-11H2,1-2H3,(H2,20,23)(H2,21,22). The number of methoxy groups -OCH3 is 2. The topological polar surface area (TPSA) is 132 Å². The molecule has 9 nitrogen and oxygen atoms in total. The van der Waals surface area contributed by atoms with Crippen LogP contribution < -0.4 is 16.6 Å². The molecule has 0 saturated heterocycles. The maximum Gasteiger partial charge on any atom is 0.337 e. The number of carbonyl (C=O) groups is 1. The van der Waals surface area contributed by atoms with E-state index in [9.17, 15) is 9.59 Å². The zero-order valence-electron chi connectivity index (χ0n) is 15.8. The van der Waals surface area contributed by atoms with Gasteiger partial charge in [-0.1, -0.05) is 12.1 Å². The Morgan fingerprint density at radius 1 is 1.29 bits per heavy atom. The number of hydrogen-bond donors (Lipinski definition) is 3. The maximum absolute atomic E-state index is 12.9. The van der Waals surface area contributed by atoms with E-state index in [2.05, 4.69) is 15.0 Å². The van der Waals surface area contributed by atoms with E-state index in [4.69, 9.17) is 15.9 Å². The van der Waals surface area contributed by atoms with Gasteiger partial charge in [-0.3, -0.25) is 10.2 Å². The summed E-state index contributed by atoms with van der Waals surface area (Å²) >= 11 is 0. The van der Waals surface area contributed by atoms with E-state index < -0.39 is 5.97 Å². The van der Waals surface area contributed by atoms with Gasteiger partial charge in [0.05, 0.1) is 37.9 Å². The van der Waals surface area contributed by atoms with Gasteiger partial charge in [-0.15, -0.1) is 0 Å². The first-order valence-electron chi connectivity index (χ1n) is 8.48. The van der Waals surface area contributed by atoms with Gasteiger partial charge in [0.15, 0.2) is 0 Å². The second kappa shape index (κ2) is 10.0. The number of hydrogen-bond acceptors (Lipinski definition) is 6. The van der Waals surface area contributed by atoms with Crippen molar-refractivity contribution in [2.45, 2.75) is 6.54 Å². The summed E-state index contributed by atoms with van der Waals surface area (Å²) in [6.45, 7) is 1.04. The van der Waals surface area contributed by atoms with E-state index in [-0.39, 0.29) is 23.5 Å². The molecular weight excluding hydrogens is 362 g/mol. The molecule has 2 aromatic rings. The van der Waals surface area contributed by atoms with Gasteiger partial charge in [0, 0.05) is 19.9 Å². The van der Waals surface area contributed by atoms with Crippen LogP contribution in [0.25, 0.3) is 0 Å². The van der Waals surface area contributed by atoms with Gasteiger partial charge in [-0.2, -0.15) is 0 Å². The van der Waals surface area contributed by atoms with Crippen molar-refractivity contribution in [2.75, 3.05) is 27.4 Å². The van der Waals surface area contributed by atoms with Crippen molar-refractivity contribution >= 4 is 23.8 Å². The number of aromatic nitrogens is 1. The quantitative estimate of drug-likeness (QED) is 0.267. The third-order valence-corrected chi connectivity index (χ3v) is 3.94. The Labute approximate surface area is 162 Å². The van der Waals surface area contributed by atoms with Crippen molar-refractivity contribution in [3.05, 3.63) is 63.6 Å². The molecule has 1 aromatic heterocycles. The number of benzene rings is 1. The van der Waals surface area contributed by atoms with Gasteiger partial charge in [0.2, 0.25) is 0 Å². The molecule has 0 unspecified atom stereocenters. The molecule has 1 aromatic carbocycles. The van der Waals surface area contributed by atoms with Crippen molar-refractivity contribution in [1.29, 1.82) is 5.41 Å². The lowest BCUT2D eigenvalue weighted by Gasteiger charge is -2.13. The van der Waals surface area contributed by atoms with Gasteiger partial charge < -0.3 is 25.1 Å². The minimum absolute atomic E-state index is 0.0574. The average Bonchev–Trinajstić information content (AvgIpc) is 2.70. The largest absolute Gasteiger partial charge is 0.465 e. The number of aliphatic imine (C=N–C) groups is 1. The highest BCUT2D eigenvalue weighted by Gasteiger charge is 2.15. The molecule has 28 heavy (non-hydrogen) atoms. The summed E-state index contributed by atoms with van der Waals surface area (Å²) in [5, 5.41) is 11.0. The first-order chi connectivity index (χ1) is 13.5. The Morgan fingerprint density at radius 3 is 2.61 bits per heavy atom. The number of rotatable bonds is 8. The summed E-state index contributed by atoms with van der Waals surface area (Å²) in [6.07, 6.45) is 2.67. The second-order valence-corrected chi connectivity index (χ2v) is 5.77. The predicted octanol–water partition coefficient (Wildman–Crippen LogP) is 0.863. The predicted molar refractivity (Wildman–Crippen MR) is 107 cm³/mol. The van der Waals surface area contributed by atoms with Crippen molar-refractivity contribution in [2.24, 2.45) is 10.7 Å². The van der Waals surface area contributed by atoms with Gasteiger partial charge in [0.25, 0.3) is 5.56 Å². The van der Waals surface area contributed by atoms with Gasteiger partial charge in [-0.05, 0) is 23.8 Å². The maximum atomic E-state index is 12.9. The van der Waals surface area contributed by atoms with E-state index in [1.165, 1.54) is 11.7 Å². The van der Waals surface area contributed by atoms with Crippen molar-refractivity contribution in [1.82, 2.24) is 9.88 Å². The van der Waals surface area contributed by atoms with E-state index in [0.29, 0.717) is 24.4 Å². The fourth-order valence-corrected chi connectivity index (χ4v) is 2.54. The molecule has 0 spiro atoms. The molecule has 4 N–H and O–H groups in total. The first-order valence-corrected chi connectivity index (χ1v) is 8.48. The molecule has 0 radical (unpaired) electrons. The van der Waals surface area contributed by atoms with Gasteiger partial charge in [0.1, 0.15) is 11.4 Å². The van der Waals surface area contributed by atoms with Gasteiger partial charge in [-0.25, -0.2) is 9.79 Å². The van der Waals surface area contributed by atoms with Crippen LogP contribution in [0.5, 0.6) is 0 Å². The van der Waals surface area contributed by atoms with Crippen molar-refractivity contribution in [3.63, 3.8) is 0 Å². The number of ether oxygens (including phenoxy) is 2. The molecule has 0 amide bonds. The molecule has 2 rings (SSSR count). The fraction of sp³-hybridized carbons (Fsp3) is 0.263. The van der Waals surface area contributed by atoms with Crippen molar-refractivity contribution < 1.29 is 14.3 Å². The Hall–Kier alpha value is -3.46. The van der Waals surface area contributed by atoms with Crippen LogP contribution in [0.3, 0.4) is 0 Å². The summed E-state index contributed by atoms with van der Waals surface area (Å²) in [6, 6.07) is 8.37. The normalized spacial score (nSPS) is 10.8. The summed E-state index contributed by atoms with van der Waals surface area (Å²) < 4.78 is 11.1. The number of amidine groups is 1. The Bertz CT molecular complexity index is 919. The zero-order chi connectivity index (χ0) is 20.5. The summed E-state index contributed by atoms with van der Waals surface area (Å²) in [7, 11) is 2.87. The average molecular weight is 385 g/mol. The molecule has 0 aliphatic rings. The lowest BCUT2D eigenvalue weighted by atomic mass is 10.1. The smallest absolute Gasteiger partial charge is 0.337 e. The Morgan fingerprint density at radius 2 is 2.00 bits per heavy atom. The van der Waals surface area contributed by atoms with E-state index >= 15 is 0 Å². The fourth-order valence-electron chi connectivity index (χ4n) is 2.54. The minimum atomic E-state index is -0.425. The van der Waals surface area contributed by atoms with Crippen LogP contribution in [-0.2, 0) is 16.0 Å². The van der Waals surface area contributed by atoms with Gasteiger partial charge >= 0.3 is 5.97 Å². The molecule has 9 heteroatoms. The summed E-state index contributed by atoms with van der Waals surface area (Å²) in [5.41, 5.74) is 6.65. The number of esters is 1. The molecular formula is C19H23N5O4. The number of pyridine rings is 1. The molecule has 148 valence electrons. The van der Waals surface area contributed by atoms with Crippen LogP contribution in [0.2, 0.25) is 0 Å². The van der Waals surface area contributed by atoms with Crippen LogP contribution in [0.4, 0.5) is 5.69 Å². The van der Waals surface area contributed by atoms with Crippen molar-refractivity contribution in [3.8, 4) is 0 Å². The third kappa shape index (κ3) is 5.04. The zero-order valence-corrected chi connectivity index (χ0v) is 15.8. The highest BCUT2D eigenvalue weighted by Crippen LogP contribution is 2.15. The number of nitrogens with two attached hydrogens (primary N) is 1. The number of nitrogens with one attached hydrogen (secondary N) is 2. The Balaban J connectivity index is 2.32. The van der Waals surface area contributed by atoms with Crippen LogP contribution in [0.1, 0.15) is 21.5 Å². The number of nitrogens with zero attached hydrogens (tertiary/aromatic N) is 2. The van der Waals surface area contributed by atoms with Crippen LogP contribution in [0.15, 0.2) is 46.3 Å². The molecule has 0 fully saturated rings. The minimum Gasteiger partial charge on any atom is -0.465 e. The molecule has 0 bridgehead atoms. The van der Waals surface area contributed by atoms with E-state index in [0.717, 1.165) is 11.9 Å². The molecule has 0 aliphatic carbocycles. The summed E-state index contributed by atoms with van der Waals surface area (Å²) in [4.78, 5) is 28.4. The highest BCUT2D eigenvalue weighted by atomic mass is 16.5. The molecule has 0 saturated carbocycles. The third-order valence-electron chi connectivity index (χ3n) is 3.94. The lowest BCUT2D eigenvalue weighted by molar-refractivity contribution is 0.0600. The van der Waals surface area contributed by atoms with E-state index in [1.54, 1.807) is 43.6 Å². The molecule has 0 aliphatic heterocycles. The second-order valence-electron chi connectivity index (χ2n) is 5.77. The van der Waals surface area contributed by atoms with Crippen LogP contribution in [-0.4, -0.2) is 50.1 Å². The monoisotopic (exact) mass is 385 g/mol. The SMILES string of the molecule is COCCNC(=N)c1c(/N=C/N)ccn(Cc2ccc(C(=O)OC)cc2)c1=O. The van der Waals surface area contributed by atoms with E-state index in [1.807, 2.05) is 0 Å². The highest BCUT2D eigenvalue weighted by molar-refractivity contribution is 6.00. The molecule has 0 atom stereocenters. The first kappa shape index (κ1) is 20.8. The summed E-state index contributed by atoms with van der Waals surface area (Å²) in [5.74, 6) is -0.483. The van der Waals surface area contributed by atoms with Crippen LogP contribution in [0, 0.1) is 5.41 Å². The number of carbonyl (C=O) groups excluding carboxylic acids is 1. The van der Waals surface area contributed by atoms with Crippen LogP contribution >= 0.6 is 0 Å². The lowest BCUT2D eigenvalue weighted by Crippen LogP contribution is -2.34. The molecule has 1 heterocycles.